The minimum atomic E-state index is -1.75. The zero-order chi connectivity index (χ0) is 45.9. The number of benzene rings is 5. The Hall–Kier alpha value is -6.11. The van der Waals surface area contributed by atoms with E-state index in [1.807, 2.05) is 6.20 Å². The number of phenolic OH excluding ortho intramolecular Hbond substituents is 1. The van der Waals surface area contributed by atoms with Crippen molar-refractivity contribution in [3.8, 4) is 67.5 Å². The molecule has 8 aromatic rings. The molecule has 0 aliphatic heterocycles. The summed E-state index contributed by atoms with van der Waals surface area (Å²) in [5, 5.41) is 13.9. The molecule has 0 spiro atoms. The van der Waals surface area contributed by atoms with Crippen molar-refractivity contribution in [2.75, 3.05) is 0 Å². The van der Waals surface area contributed by atoms with Gasteiger partial charge in [0.2, 0.25) is 0 Å². The van der Waals surface area contributed by atoms with Crippen molar-refractivity contribution in [3.05, 3.63) is 156 Å². The van der Waals surface area contributed by atoms with E-state index in [0.717, 1.165) is 61.5 Å². The molecule has 3 aromatic heterocycles. The van der Waals surface area contributed by atoms with E-state index in [0.29, 0.717) is 11.4 Å². The number of rotatable bonds is 9. The van der Waals surface area contributed by atoms with Crippen LogP contribution in [-0.4, -0.2) is 32.7 Å². The van der Waals surface area contributed by atoms with Crippen molar-refractivity contribution >= 4 is 24.4 Å². The van der Waals surface area contributed by atoms with Gasteiger partial charge in [-0.2, -0.15) is 0 Å². The fourth-order valence-corrected chi connectivity index (χ4v) is 10.5. The summed E-state index contributed by atoms with van der Waals surface area (Å²) in [6, 6.07) is 43.5. The summed E-state index contributed by atoms with van der Waals surface area (Å²) in [5.41, 5.74) is 15.8. The molecule has 1 N–H and O–H groups in total. The molecule has 0 saturated carbocycles. The highest BCUT2D eigenvalue weighted by Gasteiger charge is 2.31. The molecule has 0 amide bonds. The van der Waals surface area contributed by atoms with Crippen molar-refractivity contribution in [1.29, 1.82) is 0 Å². The van der Waals surface area contributed by atoms with Crippen molar-refractivity contribution in [1.82, 2.24) is 19.5 Å². The van der Waals surface area contributed by atoms with Gasteiger partial charge in [0.05, 0.1) is 25.0 Å². The third kappa shape index (κ3) is 8.48. The first-order valence-electron chi connectivity index (χ1n) is 22.9. The Bertz CT molecular complexity index is 2970. The van der Waals surface area contributed by atoms with E-state index in [4.69, 9.17) is 15.0 Å². The molecule has 0 radical (unpaired) electrons. The molecule has 6 heteroatoms. The zero-order valence-corrected chi connectivity index (χ0v) is 41.1. The minimum Gasteiger partial charge on any atom is -0.507 e. The van der Waals surface area contributed by atoms with Crippen LogP contribution < -0.4 is 5.19 Å². The van der Waals surface area contributed by atoms with Crippen LogP contribution in [0.1, 0.15) is 103 Å². The second-order valence-corrected chi connectivity index (χ2v) is 26.3. The van der Waals surface area contributed by atoms with E-state index in [-0.39, 0.29) is 28.4 Å². The molecule has 0 fully saturated rings. The van der Waals surface area contributed by atoms with Crippen LogP contribution in [0.4, 0.5) is 0 Å². The Morgan fingerprint density at radius 3 is 1.73 bits per heavy atom. The van der Waals surface area contributed by atoms with Gasteiger partial charge in [-0.25, -0.2) is 9.97 Å². The standard InChI is InChI=1S/C58H64N4OSi/c1-36(2)44-25-20-26-45(37(3)4)53(44)62-55(48-32-43(57(5,6)7)33-49(54(48)63)58(8,9)10)61-52-46(27-28-59-56(52)62)41-29-40(38-21-16-14-17-22-38)30-42(31-41)50-34-47(39-23-18-15-19-24-39)51(35-60-50)64(11,12)13/h14-37,63H,1-13H3. The number of imidazole rings is 1. The average molecular weight is 861 g/mol. The maximum Gasteiger partial charge on any atom is 0.165 e. The fraction of sp³-hybridized carbons (Fsp3) is 0.293. The number of hydrogen-bond acceptors (Lipinski definition) is 4. The normalized spacial score (nSPS) is 12.5. The van der Waals surface area contributed by atoms with Gasteiger partial charge in [-0.1, -0.05) is 174 Å². The summed E-state index contributed by atoms with van der Waals surface area (Å²) in [7, 11) is -1.75. The molecule has 0 aliphatic rings. The van der Waals surface area contributed by atoms with Crippen LogP contribution in [0.3, 0.4) is 0 Å². The molecule has 64 heavy (non-hydrogen) atoms. The Labute approximate surface area is 382 Å². The summed E-state index contributed by atoms with van der Waals surface area (Å²) in [4.78, 5) is 16.1. The molecule has 5 nitrogen and oxygen atoms in total. The number of para-hydroxylation sites is 1. The molecule has 326 valence electrons. The molecule has 0 aliphatic carbocycles. The second-order valence-electron chi connectivity index (χ2n) is 21.2. The molecule has 0 bridgehead atoms. The van der Waals surface area contributed by atoms with Crippen LogP contribution >= 0.6 is 0 Å². The van der Waals surface area contributed by atoms with Gasteiger partial charge < -0.3 is 5.11 Å². The summed E-state index contributed by atoms with van der Waals surface area (Å²) in [6.45, 7) is 29.4. The van der Waals surface area contributed by atoms with Crippen LogP contribution in [0.5, 0.6) is 5.75 Å². The summed E-state index contributed by atoms with van der Waals surface area (Å²) in [6.07, 6.45) is 4.04. The number of aromatic hydroxyl groups is 1. The molecule has 5 aromatic carbocycles. The van der Waals surface area contributed by atoms with Gasteiger partial charge >= 0.3 is 0 Å². The largest absolute Gasteiger partial charge is 0.507 e. The highest BCUT2D eigenvalue weighted by molar-refractivity contribution is 6.89. The van der Waals surface area contributed by atoms with Gasteiger partial charge in [-0.05, 0) is 109 Å². The van der Waals surface area contributed by atoms with Crippen molar-refractivity contribution in [2.45, 2.75) is 112 Å². The Kier molecular flexibility index (Phi) is 11.7. The van der Waals surface area contributed by atoms with Crippen molar-refractivity contribution in [3.63, 3.8) is 0 Å². The Balaban J connectivity index is 1.48. The van der Waals surface area contributed by atoms with Crippen molar-refractivity contribution < 1.29 is 5.11 Å². The SMILES string of the molecule is CC(C)c1cccc(C(C)C)c1-n1c(-c2cc(C(C)(C)C)cc(C(C)(C)C)c2O)nc2c(-c3cc(-c4ccccc4)cc(-c4cc(-c5ccccc5)c([Si](C)(C)C)cn4)c3)ccnc21. The molecule has 0 atom stereocenters. The first kappa shape index (κ1) is 44.5. The van der Waals surface area contributed by atoms with Gasteiger partial charge in [0.25, 0.3) is 0 Å². The summed E-state index contributed by atoms with van der Waals surface area (Å²) >= 11 is 0. The summed E-state index contributed by atoms with van der Waals surface area (Å²) in [5.74, 6) is 1.36. The van der Waals surface area contributed by atoms with Gasteiger partial charge in [0.15, 0.2) is 11.5 Å². The number of phenols is 1. The second kappa shape index (κ2) is 16.8. The highest BCUT2D eigenvalue weighted by atomic mass is 28.3. The lowest BCUT2D eigenvalue weighted by atomic mass is 9.79. The van der Waals surface area contributed by atoms with Crippen LogP contribution in [0, 0.1) is 0 Å². The lowest BCUT2D eigenvalue weighted by Gasteiger charge is -2.28. The van der Waals surface area contributed by atoms with E-state index in [1.54, 1.807) is 0 Å². The van der Waals surface area contributed by atoms with E-state index in [2.05, 4.69) is 221 Å². The molecular weight excluding hydrogens is 797 g/mol. The van der Waals surface area contributed by atoms with E-state index in [1.165, 1.54) is 27.4 Å². The van der Waals surface area contributed by atoms with Crippen LogP contribution in [-0.2, 0) is 10.8 Å². The number of hydrogen-bond donors (Lipinski definition) is 1. The van der Waals surface area contributed by atoms with Crippen LogP contribution in [0.15, 0.2) is 134 Å². The number of fused-ring (bicyclic) bond motifs is 1. The monoisotopic (exact) mass is 860 g/mol. The predicted molar refractivity (Wildman–Crippen MR) is 274 cm³/mol. The Morgan fingerprint density at radius 1 is 0.562 bits per heavy atom. The molecular formula is C58H64N4OSi. The molecule has 3 heterocycles. The molecule has 0 unspecified atom stereocenters. The molecule has 8 rings (SSSR count). The zero-order valence-electron chi connectivity index (χ0n) is 40.1. The first-order chi connectivity index (χ1) is 30.2. The van der Waals surface area contributed by atoms with Gasteiger partial charge in [-0.3, -0.25) is 9.55 Å². The van der Waals surface area contributed by atoms with Crippen molar-refractivity contribution in [2.24, 2.45) is 0 Å². The molecule has 0 saturated heterocycles. The predicted octanol–water partition coefficient (Wildman–Crippen LogP) is 15.2. The van der Waals surface area contributed by atoms with Gasteiger partial charge in [0, 0.05) is 29.1 Å². The third-order valence-corrected chi connectivity index (χ3v) is 14.6. The topological polar surface area (TPSA) is 63.8 Å². The third-order valence-electron chi connectivity index (χ3n) is 12.6. The summed E-state index contributed by atoms with van der Waals surface area (Å²) < 4.78 is 2.25. The number of aromatic nitrogens is 4. The quantitative estimate of drug-likeness (QED) is 0.147. The fourth-order valence-electron chi connectivity index (χ4n) is 8.97. The number of nitrogens with zero attached hydrogens (tertiary/aromatic N) is 4. The first-order valence-corrected chi connectivity index (χ1v) is 26.4. The lowest BCUT2D eigenvalue weighted by Crippen LogP contribution is -2.39. The minimum absolute atomic E-state index is 0.183. The van der Waals surface area contributed by atoms with E-state index in [9.17, 15) is 5.11 Å². The van der Waals surface area contributed by atoms with Gasteiger partial charge in [-0.15, -0.1) is 0 Å². The maximum absolute atomic E-state index is 12.5. The van der Waals surface area contributed by atoms with E-state index < -0.39 is 8.07 Å². The maximum atomic E-state index is 12.5. The van der Waals surface area contributed by atoms with Crippen LogP contribution in [0.2, 0.25) is 19.6 Å². The van der Waals surface area contributed by atoms with E-state index >= 15 is 0 Å². The lowest BCUT2D eigenvalue weighted by molar-refractivity contribution is 0.446. The number of pyridine rings is 2. The highest BCUT2D eigenvalue weighted by Crippen LogP contribution is 2.46. The average Bonchev–Trinajstić information content (AvgIpc) is 3.64. The smallest absolute Gasteiger partial charge is 0.165 e. The Morgan fingerprint density at radius 2 is 1.16 bits per heavy atom. The van der Waals surface area contributed by atoms with Crippen LogP contribution in [0.25, 0.3) is 72.9 Å². The van der Waals surface area contributed by atoms with Gasteiger partial charge in [0.1, 0.15) is 11.3 Å².